The lowest BCUT2D eigenvalue weighted by Gasteiger charge is -2.10. The summed E-state index contributed by atoms with van der Waals surface area (Å²) < 4.78 is 0. The van der Waals surface area contributed by atoms with Gasteiger partial charge in [0.2, 0.25) is 0 Å². The van der Waals surface area contributed by atoms with Crippen LogP contribution in [-0.2, 0) is 5.75 Å². The maximum absolute atomic E-state index is 11.8. The van der Waals surface area contributed by atoms with E-state index in [0.29, 0.717) is 12.5 Å². The second kappa shape index (κ2) is 8.44. The Morgan fingerprint density at radius 1 is 1.23 bits per heavy atom. The van der Waals surface area contributed by atoms with Crippen molar-refractivity contribution in [2.75, 3.05) is 11.9 Å². The van der Waals surface area contributed by atoms with E-state index >= 15 is 0 Å². The van der Waals surface area contributed by atoms with E-state index in [1.54, 1.807) is 18.0 Å². The van der Waals surface area contributed by atoms with Crippen molar-refractivity contribution in [1.29, 1.82) is 0 Å². The first kappa shape index (κ1) is 16.4. The summed E-state index contributed by atoms with van der Waals surface area (Å²) in [7, 11) is 0. The summed E-state index contributed by atoms with van der Waals surface area (Å²) in [4.78, 5) is 16.1. The smallest absolute Gasteiger partial charge is 0.319 e. The number of thioether (sulfide) groups is 1. The maximum atomic E-state index is 11.8. The van der Waals surface area contributed by atoms with Gasteiger partial charge in [0.25, 0.3) is 0 Å². The van der Waals surface area contributed by atoms with E-state index in [-0.39, 0.29) is 6.03 Å². The van der Waals surface area contributed by atoms with E-state index in [2.05, 4.69) is 29.5 Å². The van der Waals surface area contributed by atoms with Crippen LogP contribution in [-0.4, -0.2) is 17.6 Å². The van der Waals surface area contributed by atoms with Gasteiger partial charge in [-0.15, -0.1) is 11.8 Å². The molecule has 1 aromatic heterocycles. The number of rotatable bonds is 6. The van der Waals surface area contributed by atoms with Crippen LogP contribution in [0.2, 0.25) is 0 Å². The fourth-order valence-corrected chi connectivity index (χ4v) is 2.61. The summed E-state index contributed by atoms with van der Waals surface area (Å²) in [6.45, 7) is 4.80. The summed E-state index contributed by atoms with van der Waals surface area (Å²) in [5, 5.41) is 6.70. The van der Waals surface area contributed by atoms with E-state index < -0.39 is 0 Å². The van der Waals surface area contributed by atoms with Gasteiger partial charge in [0.05, 0.1) is 5.03 Å². The number of amides is 2. The number of nitrogens with zero attached hydrogens (tertiary/aromatic N) is 1. The van der Waals surface area contributed by atoms with Gasteiger partial charge in [-0.3, -0.25) is 0 Å². The minimum atomic E-state index is -0.164. The van der Waals surface area contributed by atoms with Gasteiger partial charge >= 0.3 is 6.03 Å². The molecular weight excluding hydrogens is 294 g/mol. The molecule has 0 saturated heterocycles. The molecule has 0 aliphatic rings. The third-order valence-electron chi connectivity index (χ3n) is 2.88. The second-order valence-corrected chi connectivity index (χ2v) is 6.38. The van der Waals surface area contributed by atoms with Gasteiger partial charge in [0.1, 0.15) is 0 Å². The first-order valence-electron chi connectivity index (χ1n) is 7.31. The lowest BCUT2D eigenvalue weighted by molar-refractivity contribution is 0.251. The van der Waals surface area contributed by atoms with Gasteiger partial charge in [0.15, 0.2) is 0 Å². The van der Waals surface area contributed by atoms with Crippen LogP contribution >= 0.6 is 11.8 Å². The number of urea groups is 1. The Balaban J connectivity index is 1.88. The first-order chi connectivity index (χ1) is 10.6. The average molecular weight is 315 g/mol. The van der Waals surface area contributed by atoms with Crippen LogP contribution in [0.15, 0.2) is 53.7 Å². The Hall–Kier alpha value is -2.01. The van der Waals surface area contributed by atoms with Gasteiger partial charge < -0.3 is 10.6 Å². The molecule has 0 atom stereocenters. The Morgan fingerprint density at radius 3 is 2.82 bits per heavy atom. The Labute approximate surface area is 135 Å². The molecule has 0 fully saturated rings. The number of pyridine rings is 1. The van der Waals surface area contributed by atoms with E-state index in [4.69, 9.17) is 0 Å². The van der Waals surface area contributed by atoms with Gasteiger partial charge in [-0.05, 0) is 35.7 Å². The summed E-state index contributed by atoms with van der Waals surface area (Å²) >= 11 is 1.68. The first-order valence-corrected chi connectivity index (χ1v) is 8.29. The summed E-state index contributed by atoms with van der Waals surface area (Å²) in [5.41, 5.74) is 1.96. The highest BCUT2D eigenvalue weighted by Crippen LogP contribution is 2.21. The van der Waals surface area contributed by atoms with E-state index in [9.17, 15) is 4.79 Å². The molecule has 0 bridgehead atoms. The molecule has 0 aliphatic carbocycles. The quantitative estimate of drug-likeness (QED) is 0.787. The number of nitrogens with one attached hydrogen (secondary N) is 2. The van der Waals surface area contributed by atoms with Gasteiger partial charge in [-0.25, -0.2) is 9.78 Å². The minimum absolute atomic E-state index is 0.164. The van der Waals surface area contributed by atoms with Gasteiger partial charge in [0, 0.05) is 24.2 Å². The maximum Gasteiger partial charge on any atom is 0.319 e. The molecule has 0 spiro atoms. The molecular formula is C17H21N3OS. The van der Waals surface area contributed by atoms with Crippen molar-refractivity contribution >= 4 is 23.5 Å². The predicted molar refractivity (Wildman–Crippen MR) is 92.1 cm³/mol. The standard InChI is InChI=1S/C17H21N3OS/c1-13(2)11-19-17(21)20-15-7-5-6-14(10-15)12-22-16-8-3-4-9-18-16/h3-10,13H,11-12H2,1-2H3,(H2,19,20,21). The molecule has 116 valence electrons. The summed E-state index contributed by atoms with van der Waals surface area (Å²) in [6, 6.07) is 13.6. The van der Waals surface area contributed by atoms with Crippen molar-refractivity contribution < 1.29 is 4.79 Å². The fourth-order valence-electron chi connectivity index (χ4n) is 1.80. The van der Waals surface area contributed by atoms with Crippen molar-refractivity contribution in [2.24, 2.45) is 5.92 Å². The predicted octanol–water partition coefficient (Wildman–Crippen LogP) is 4.15. The van der Waals surface area contributed by atoms with Gasteiger partial charge in [-0.2, -0.15) is 0 Å². The highest BCUT2D eigenvalue weighted by Gasteiger charge is 2.04. The molecule has 2 amide bonds. The number of carbonyl (C=O) groups excluding carboxylic acids is 1. The molecule has 0 saturated carbocycles. The van der Waals surface area contributed by atoms with Crippen LogP contribution in [0.1, 0.15) is 19.4 Å². The summed E-state index contributed by atoms with van der Waals surface area (Å²) in [5.74, 6) is 1.26. The Bertz CT molecular complexity index is 602. The summed E-state index contributed by atoms with van der Waals surface area (Å²) in [6.07, 6.45) is 1.79. The molecule has 4 nitrogen and oxygen atoms in total. The molecule has 0 aliphatic heterocycles. The third kappa shape index (κ3) is 5.77. The number of aromatic nitrogens is 1. The third-order valence-corrected chi connectivity index (χ3v) is 3.90. The normalized spacial score (nSPS) is 10.5. The zero-order valence-corrected chi connectivity index (χ0v) is 13.7. The van der Waals surface area contributed by atoms with Crippen molar-refractivity contribution in [2.45, 2.75) is 24.6 Å². The van der Waals surface area contributed by atoms with Crippen molar-refractivity contribution in [3.63, 3.8) is 0 Å². The molecule has 2 rings (SSSR count). The second-order valence-electron chi connectivity index (χ2n) is 5.39. The van der Waals surface area contributed by atoms with Gasteiger partial charge in [-0.1, -0.05) is 32.0 Å². The van der Waals surface area contributed by atoms with E-state index in [0.717, 1.165) is 22.0 Å². The van der Waals surface area contributed by atoms with Crippen LogP contribution in [0.3, 0.4) is 0 Å². The monoisotopic (exact) mass is 315 g/mol. The Kier molecular flexibility index (Phi) is 6.27. The SMILES string of the molecule is CC(C)CNC(=O)Nc1cccc(CSc2ccccn2)c1. The minimum Gasteiger partial charge on any atom is -0.338 e. The van der Waals surface area contributed by atoms with Crippen LogP contribution in [0, 0.1) is 5.92 Å². The number of hydrogen-bond acceptors (Lipinski definition) is 3. The zero-order chi connectivity index (χ0) is 15.8. The van der Waals surface area contributed by atoms with Crippen LogP contribution in [0.5, 0.6) is 0 Å². The number of benzene rings is 1. The lowest BCUT2D eigenvalue weighted by Crippen LogP contribution is -2.31. The molecule has 22 heavy (non-hydrogen) atoms. The number of anilines is 1. The molecule has 0 radical (unpaired) electrons. The largest absolute Gasteiger partial charge is 0.338 e. The van der Waals surface area contributed by atoms with Crippen molar-refractivity contribution in [3.05, 3.63) is 54.2 Å². The van der Waals surface area contributed by atoms with Crippen molar-refractivity contribution in [3.8, 4) is 0 Å². The lowest BCUT2D eigenvalue weighted by atomic mass is 10.2. The zero-order valence-electron chi connectivity index (χ0n) is 12.9. The van der Waals surface area contributed by atoms with Crippen molar-refractivity contribution in [1.82, 2.24) is 10.3 Å². The fraction of sp³-hybridized carbons (Fsp3) is 0.294. The molecule has 5 heteroatoms. The van der Waals surface area contributed by atoms with Crippen LogP contribution < -0.4 is 10.6 Å². The molecule has 1 heterocycles. The molecule has 2 N–H and O–H groups in total. The number of carbonyl (C=O) groups is 1. The van der Waals surface area contributed by atoms with E-state index in [1.807, 2.05) is 42.5 Å². The molecule has 2 aromatic rings. The van der Waals surface area contributed by atoms with Crippen LogP contribution in [0.25, 0.3) is 0 Å². The van der Waals surface area contributed by atoms with E-state index in [1.165, 1.54) is 0 Å². The average Bonchev–Trinajstić information content (AvgIpc) is 2.52. The topological polar surface area (TPSA) is 54.0 Å². The Morgan fingerprint density at radius 2 is 2.09 bits per heavy atom. The molecule has 1 aromatic carbocycles. The highest BCUT2D eigenvalue weighted by molar-refractivity contribution is 7.98. The number of hydrogen-bond donors (Lipinski definition) is 2. The highest BCUT2D eigenvalue weighted by atomic mass is 32.2. The van der Waals surface area contributed by atoms with Crippen LogP contribution in [0.4, 0.5) is 10.5 Å². The molecule has 0 unspecified atom stereocenters.